The molecule has 6 nitrogen and oxygen atoms in total. The molecular weight excluding hydrogens is 377 g/mol. The van der Waals surface area contributed by atoms with Crippen LogP contribution in [-0.4, -0.2) is 41.5 Å². The van der Waals surface area contributed by atoms with Crippen LogP contribution >= 0.6 is 23.2 Å². The molecule has 0 spiro atoms. The van der Waals surface area contributed by atoms with Gasteiger partial charge in [-0.2, -0.15) is 0 Å². The lowest BCUT2D eigenvalue weighted by Crippen LogP contribution is -2.48. The third-order valence-electron chi connectivity index (χ3n) is 5.40. The summed E-state index contributed by atoms with van der Waals surface area (Å²) in [6, 6.07) is 2.66. The Hall–Kier alpha value is -1.50. The third-order valence-corrected chi connectivity index (χ3v) is 6.12. The molecule has 0 radical (unpaired) electrons. The van der Waals surface area contributed by atoms with Crippen LogP contribution in [0.25, 0.3) is 0 Å². The summed E-state index contributed by atoms with van der Waals surface area (Å²) in [4.78, 5) is 25.7. The van der Waals surface area contributed by atoms with Gasteiger partial charge < -0.3 is 21.1 Å². The summed E-state index contributed by atoms with van der Waals surface area (Å²) in [6.07, 6.45) is 2.53. The minimum atomic E-state index is -0.365. The van der Waals surface area contributed by atoms with E-state index in [0.29, 0.717) is 48.1 Å². The molecule has 0 aromatic heterocycles. The molecule has 2 saturated heterocycles. The minimum absolute atomic E-state index is 0.0140. The number of halogens is 2. The number of piperidine rings is 2. The Morgan fingerprint density at radius 2 is 1.88 bits per heavy atom. The number of phenols is 1. The Balaban J connectivity index is 1.59. The molecule has 2 atom stereocenters. The molecule has 142 valence electrons. The van der Waals surface area contributed by atoms with Crippen LogP contribution in [0.1, 0.15) is 37.3 Å². The van der Waals surface area contributed by atoms with Crippen LogP contribution in [0.4, 0.5) is 0 Å². The maximum Gasteiger partial charge on any atom is 0.227 e. The van der Waals surface area contributed by atoms with Crippen LogP contribution in [0.5, 0.6) is 5.75 Å². The molecule has 3 rings (SSSR count). The first-order valence-electron chi connectivity index (χ1n) is 8.85. The minimum Gasteiger partial charge on any atom is -0.508 e. The van der Waals surface area contributed by atoms with Crippen molar-refractivity contribution in [2.45, 2.75) is 31.7 Å². The van der Waals surface area contributed by atoms with Crippen molar-refractivity contribution >= 4 is 35.0 Å². The number of nitrogens with two attached hydrogens (primary N) is 1. The monoisotopic (exact) mass is 399 g/mol. The Morgan fingerprint density at radius 3 is 2.50 bits per heavy atom. The Labute approximate surface area is 162 Å². The summed E-state index contributed by atoms with van der Waals surface area (Å²) in [5.74, 6) is 0.184. The number of phenolic OH excluding ortho intramolecular Hbond substituents is 1. The van der Waals surface area contributed by atoms with Crippen LogP contribution in [-0.2, 0) is 9.59 Å². The van der Waals surface area contributed by atoms with Gasteiger partial charge in [0, 0.05) is 43.7 Å². The summed E-state index contributed by atoms with van der Waals surface area (Å²) in [7, 11) is 0. The molecule has 2 heterocycles. The zero-order valence-electron chi connectivity index (χ0n) is 14.4. The van der Waals surface area contributed by atoms with Crippen LogP contribution in [0.3, 0.4) is 0 Å². The van der Waals surface area contributed by atoms with Crippen molar-refractivity contribution in [1.29, 1.82) is 0 Å². The fourth-order valence-corrected chi connectivity index (χ4v) is 4.08. The van der Waals surface area contributed by atoms with E-state index in [2.05, 4.69) is 5.32 Å². The van der Waals surface area contributed by atoms with Crippen molar-refractivity contribution < 1.29 is 14.7 Å². The number of likely N-dealkylation sites (tertiary alicyclic amines) is 1. The largest absolute Gasteiger partial charge is 0.508 e. The van der Waals surface area contributed by atoms with E-state index >= 15 is 0 Å². The lowest BCUT2D eigenvalue weighted by molar-refractivity contribution is -0.138. The van der Waals surface area contributed by atoms with Gasteiger partial charge in [0.1, 0.15) is 5.75 Å². The molecule has 0 saturated carbocycles. The molecule has 2 fully saturated rings. The van der Waals surface area contributed by atoms with E-state index in [1.54, 1.807) is 6.07 Å². The van der Waals surface area contributed by atoms with Gasteiger partial charge in [-0.05, 0) is 31.2 Å². The van der Waals surface area contributed by atoms with Gasteiger partial charge in [-0.25, -0.2) is 0 Å². The van der Waals surface area contributed by atoms with Crippen LogP contribution in [0.15, 0.2) is 12.1 Å². The molecule has 0 bridgehead atoms. The molecule has 0 unspecified atom stereocenters. The van der Waals surface area contributed by atoms with Gasteiger partial charge in [0.15, 0.2) is 0 Å². The smallest absolute Gasteiger partial charge is 0.227 e. The van der Waals surface area contributed by atoms with Gasteiger partial charge in [-0.3, -0.25) is 9.59 Å². The number of nitrogens with one attached hydrogen (secondary N) is 1. The van der Waals surface area contributed by atoms with Gasteiger partial charge in [0.25, 0.3) is 0 Å². The van der Waals surface area contributed by atoms with Crippen LogP contribution < -0.4 is 11.1 Å². The van der Waals surface area contributed by atoms with E-state index in [4.69, 9.17) is 28.9 Å². The second kappa shape index (κ2) is 8.03. The molecule has 8 heteroatoms. The number of benzene rings is 1. The summed E-state index contributed by atoms with van der Waals surface area (Å²) < 4.78 is 0. The maximum atomic E-state index is 12.6. The molecule has 2 aliphatic rings. The molecule has 0 aliphatic carbocycles. The zero-order valence-corrected chi connectivity index (χ0v) is 15.9. The Kier molecular flexibility index (Phi) is 5.95. The van der Waals surface area contributed by atoms with Gasteiger partial charge in [-0.1, -0.05) is 23.2 Å². The average Bonchev–Trinajstić information content (AvgIpc) is 2.64. The summed E-state index contributed by atoms with van der Waals surface area (Å²) in [5.41, 5.74) is 6.94. The van der Waals surface area contributed by atoms with E-state index in [1.165, 1.54) is 6.07 Å². The highest BCUT2D eigenvalue weighted by molar-refractivity contribution is 6.42. The van der Waals surface area contributed by atoms with E-state index in [0.717, 1.165) is 12.8 Å². The SMILES string of the molecule is N[C@@H](c1cc(Cl)c(Cl)cc1O)C1CCN(C(=O)[C@@H]2CCC(=O)NC2)CC1. The van der Waals surface area contributed by atoms with Crippen molar-refractivity contribution in [2.24, 2.45) is 17.6 Å². The second-order valence-electron chi connectivity index (χ2n) is 7.05. The third kappa shape index (κ3) is 4.08. The fourth-order valence-electron chi connectivity index (χ4n) is 3.75. The number of amides is 2. The van der Waals surface area contributed by atoms with E-state index < -0.39 is 0 Å². The highest BCUT2D eigenvalue weighted by Crippen LogP contribution is 2.38. The number of hydrogen-bond donors (Lipinski definition) is 3. The van der Waals surface area contributed by atoms with Gasteiger partial charge in [0.2, 0.25) is 11.8 Å². The quantitative estimate of drug-likeness (QED) is 0.727. The van der Waals surface area contributed by atoms with E-state index in [-0.39, 0.29) is 35.4 Å². The van der Waals surface area contributed by atoms with Crippen molar-refractivity contribution in [3.8, 4) is 5.75 Å². The molecule has 1 aromatic rings. The van der Waals surface area contributed by atoms with Crippen LogP contribution in [0, 0.1) is 11.8 Å². The van der Waals surface area contributed by atoms with Crippen molar-refractivity contribution in [3.05, 3.63) is 27.7 Å². The molecule has 26 heavy (non-hydrogen) atoms. The Bertz CT molecular complexity index is 695. The average molecular weight is 400 g/mol. The van der Waals surface area contributed by atoms with Crippen LogP contribution in [0.2, 0.25) is 10.0 Å². The number of carbonyl (C=O) groups excluding carboxylic acids is 2. The van der Waals surface area contributed by atoms with E-state index in [1.807, 2.05) is 4.90 Å². The summed E-state index contributed by atoms with van der Waals surface area (Å²) in [5, 5.41) is 13.5. The number of aromatic hydroxyl groups is 1. The highest BCUT2D eigenvalue weighted by Gasteiger charge is 2.33. The molecule has 4 N–H and O–H groups in total. The highest BCUT2D eigenvalue weighted by atomic mass is 35.5. The summed E-state index contributed by atoms with van der Waals surface area (Å²) >= 11 is 12.0. The molecule has 1 aromatic carbocycles. The first-order valence-corrected chi connectivity index (χ1v) is 9.61. The van der Waals surface area contributed by atoms with Gasteiger partial charge >= 0.3 is 0 Å². The maximum absolute atomic E-state index is 12.6. The number of nitrogens with zero attached hydrogens (tertiary/aromatic N) is 1. The Morgan fingerprint density at radius 1 is 1.23 bits per heavy atom. The van der Waals surface area contributed by atoms with Crippen molar-refractivity contribution in [2.75, 3.05) is 19.6 Å². The zero-order chi connectivity index (χ0) is 18.8. The number of hydrogen-bond acceptors (Lipinski definition) is 4. The van der Waals surface area contributed by atoms with E-state index in [9.17, 15) is 14.7 Å². The molecular formula is C18H23Cl2N3O3. The first-order chi connectivity index (χ1) is 12.4. The lowest BCUT2D eigenvalue weighted by Gasteiger charge is -2.37. The normalized spacial score (nSPS) is 22.8. The van der Waals surface area contributed by atoms with Crippen molar-refractivity contribution in [1.82, 2.24) is 10.2 Å². The molecule has 2 aliphatic heterocycles. The number of rotatable bonds is 3. The topological polar surface area (TPSA) is 95.7 Å². The predicted octanol–water partition coefficient (Wildman–Crippen LogP) is 2.46. The van der Waals surface area contributed by atoms with Gasteiger partial charge in [-0.15, -0.1) is 0 Å². The van der Waals surface area contributed by atoms with Crippen molar-refractivity contribution in [3.63, 3.8) is 0 Å². The first kappa shape index (κ1) is 19.3. The lowest BCUT2D eigenvalue weighted by atomic mass is 9.85. The number of carbonyl (C=O) groups is 2. The fraction of sp³-hybridized carbons (Fsp3) is 0.556. The second-order valence-corrected chi connectivity index (χ2v) is 7.87. The standard InChI is InChI=1S/C18H23Cl2N3O3/c19-13-7-12(15(24)8-14(13)20)17(21)10-3-5-23(6-4-10)18(26)11-1-2-16(25)22-9-11/h7-8,10-11,17,24H,1-6,9,21H2,(H,22,25)/t11-,17-/m1/s1. The molecule has 2 amide bonds. The predicted molar refractivity (Wildman–Crippen MR) is 100 cm³/mol. The summed E-state index contributed by atoms with van der Waals surface area (Å²) in [6.45, 7) is 1.68. The van der Waals surface area contributed by atoms with Gasteiger partial charge in [0.05, 0.1) is 16.0 Å².